The van der Waals surface area contributed by atoms with Gasteiger partial charge in [-0.05, 0) is 19.1 Å². The van der Waals surface area contributed by atoms with Gasteiger partial charge in [-0.2, -0.15) is 0 Å². The third-order valence-electron chi connectivity index (χ3n) is 4.45. The standard InChI is InChI=1S/C17H25N5O3/c1-13-3-4-15(25-13)14(22-7-9-24-10-8-22)11-18-17(23)6-5-16-20-19-12-21(16)2/h3-4,12,14H,5-11H2,1-2H3,(H,18,23)/t14-/m1/s1. The number of carbonyl (C=O) groups excluding carboxylic acids is 1. The van der Waals surface area contributed by atoms with Gasteiger partial charge in [-0.3, -0.25) is 9.69 Å². The summed E-state index contributed by atoms with van der Waals surface area (Å²) in [4.78, 5) is 14.5. The van der Waals surface area contributed by atoms with E-state index in [1.807, 2.05) is 30.7 Å². The lowest BCUT2D eigenvalue weighted by atomic mass is 10.1. The molecule has 2 aromatic rings. The van der Waals surface area contributed by atoms with E-state index in [4.69, 9.17) is 9.15 Å². The van der Waals surface area contributed by atoms with Crippen LogP contribution in [-0.4, -0.2) is 58.4 Å². The monoisotopic (exact) mass is 347 g/mol. The molecule has 136 valence electrons. The van der Waals surface area contributed by atoms with Gasteiger partial charge in [0.05, 0.1) is 19.3 Å². The summed E-state index contributed by atoms with van der Waals surface area (Å²) in [5, 5.41) is 10.9. The highest BCUT2D eigenvalue weighted by atomic mass is 16.5. The Morgan fingerprint density at radius 3 is 2.80 bits per heavy atom. The van der Waals surface area contributed by atoms with E-state index in [1.165, 1.54) is 0 Å². The van der Waals surface area contributed by atoms with E-state index in [-0.39, 0.29) is 11.9 Å². The number of morpholine rings is 1. The molecule has 0 radical (unpaired) electrons. The lowest BCUT2D eigenvalue weighted by molar-refractivity contribution is -0.121. The molecule has 0 bridgehead atoms. The number of hydrogen-bond acceptors (Lipinski definition) is 6. The number of amides is 1. The maximum absolute atomic E-state index is 12.2. The first-order valence-corrected chi connectivity index (χ1v) is 8.61. The summed E-state index contributed by atoms with van der Waals surface area (Å²) >= 11 is 0. The first-order valence-electron chi connectivity index (χ1n) is 8.61. The lowest BCUT2D eigenvalue weighted by Crippen LogP contribution is -2.43. The third-order valence-corrected chi connectivity index (χ3v) is 4.45. The largest absolute Gasteiger partial charge is 0.465 e. The van der Waals surface area contributed by atoms with Crippen LogP contribution in [0.3, 0.4) is 0 Å². The van der Waals surface area contributed by atoms with Crippen LogP contribution in [0.1, 0.15) is 29.8 Å². The Morgan fingerprint density at radius 2 is 2.16 bits per heavy atom. The topological polar surface area (TPSA) is 85.4 Å². The molecule has 1 atom stereocenters. The second-order valence-corrected chi connectivity index (χ2v) is 6.27. The van der Waals surface area contributed by atoms with E-state index in [0.717, 1.165) is 30.4 Å². The highest BCUT2D eigenvalue weighted by Crippen LogP contribution is 2.23. The van der Waals surface area contributed by atoms with Crippen molar-refractivity contribution in [1.29, 1.82) is 0 Å². The molecule has 1 N–H and O–H groups in total. The normalized spacial score (nSPS) is 16.7. The molecule has 1 amide bonds. The minimum absolute atomic E-state index is 0.00420. The van der Waals surface area contributed by atoms with Crippen LogP contribution < -0.4 is 5.32 Å². The molecular weight excluding hydrogens is 322 g/mol. The summed E-state index contributed by atoms with van der Waals surface area (Å²) in [6.45, 7) is 5.52. The van der Waals surface area contributed by atoms with Gasteiger partial charge in [0.15, 0.2) is 0 Å². The predicted octanol–water partition coefficient (Wildman–Crippen LogP) is 0.839. The van der Waals surface area contributed by atoms with Crippen molar-refractivity contribution in [2.75, 3.05) is 32.8 Å². The van der Waals surface area contributed by atoms with Crippen LogP contribution >= 0.6 is 0 Å². The van der Waals surface area contributed by atoms with Crippen molar-refractivity contribution in [3.8, 4) is 0 Å². The van der Waals surface area contributed by atoms with Gasteiger partial charge >= 0.3 is 0 Å². The number of nitrogens with one attached hydrogen (secondary N) is 1. The summed E-state index contributed by atoms with van der Waals surface area (Å²) in [5.74, 6) is 2.57. The predicted molar refractivity (Wildman–Crippen MR) is 90.9 cm³/mol. The second kappa shape index (κ2) is 8.26. The van der Waals surface area contributed by atoms with Gasteiger partial charge in [0.25, 0.3) is 0 Å². The molecule has 3 rings (SSSR count). The van der Waals surface area contributed by atoms with Crippen LogP contribution in [0.25, 0.3) is 0 Å². The molecule has 1 fully saturated rings. The Bertz CT molecular complexity index is 690. The Labute approximate surface area is 147 Å². The summed E-state index contributed by atoms with van der Waals surface area (Å²) in [6, 6.07) is 3.97. The molecule has 2 aromatic heterocycles. The van der Waals surface area contributed by atoms with Crippen LogP contribution in [-0.2, 0) is 23.0 Å². The van der Waals surface area contributed by atoms with Crippen molar-refractivity contribution in [3.05, 3.63) is 35.8 Å². The smallest absolute Gasteiger partial charge is 0.220 e. The van der Waals surface area contributed by atoms with E-state index in [2.05, 4.69) is 20.4 Å². The molecule has 3 heterocycles. The van der Waals surface area contributed by atoms with Crippen LogP contribution in [0.4, 0.5) is 0 Å². The SMILES string of the molecule is Cc1ccc([C@@H](CNC(=O)CCc2nncn2C)N2CCOCC2)o1. The zero-order valence-electron chi connectivity index (χ0n) is 14.8. The molecular formula is C17H25N5O3. The fraction of sp³-hybridized carbons (Fsp3) is 0.588. The summed E-state index contributed by atoms with van der Waals surface area (Å²) < 4.78 is 13.1. The third kappa shape index (κ3) is 4.67. The van der Waals surface area contributed by atoms with Crippen molar-refractivity contribution in [2.24, 2.45) is 7.05 Å². The van der Waals surface area contributed by atoms with E-state index in [1.54, 1.807) is 6.33 Å². The van der Waals surface area contributed by atoms with Gasteiger partial charge in [-0.25, -0.2) is 0 Å². The van der Waals surface area contributed by atoms with Crippen molar-refractivity contribution in [2.45, 2.75) is 25.8 Å². The highest BCUT2D eigenvalue weighted by Gasteiger charge is 2.25. The molecule has 0 aromatic carbocycles. The number of aryl methyl sites for hydroxylation is 3. The van der Waals surface area contributed by atoms with Crippen LogP contribution in [0, 0.1) is 6.92 Å². The number of furan rings is 1. The molecule has 1 aliphatic heterocycles. The number of nitrogens with zero attached hydrogens (tertiary/aromatic N) is 4. The van der Waals surface area contributed by atoms with Gasteiger partial charge in [-0.1, -0.05) is 0 Å². The summed E-state index contributed by atoms with van der Waals surface area (Å²) in [5.41, 5.74) is 0. The van der Waals surface area contributed by atoms with E-state index in [0.29, 0.717) is 32.6 Å². The summed E-state index contributed by atoms with van der Waals surface area (Å²) in [6.07, 6.45) is 2.60. The fourth-order valence-corrected chi connectivity index (χ4v) is 2.99. The molecule has 8 heteroatoms. The highest BCUT2D eigenvalue weighted by molar-refractivity contribution is 5.76. The van der Waals surface area contributed by atoms with Gasteiger partial charge in [0, 0.05) is 39.5 Å². The van der Waals surface area contributed by atoms with Gasteiger partial charge < -0.3 is 19.0 Å². The fourth-order valence-electron chi connectivity index (χ4n) is 2.99. The number of hydrogen-bond donors (Lipinski definition) is 1. The van der Waals surface area contributed by atoms with Gasteiger partial charge in [0.2, 0.25) is 5.91 Å². The van der Waals surface area contributed by atoms with E-state index < -0.39 is 0 Å². The molecule has 0 saturated carbocycles. The average Bonchev–Trinajstić information content (AvgIpc) is 3.22. The zero-order chi connectivity index (χ0) is 17.6. The maximum Gasteiger partial charge on any atom is 0.220 e. The van der Waals surface area contributed by atoms with Crippen molar-refractivity contribution < 1.29 is 13.9 Å². The Kier molecular flexibility index (Phi) is 5.83. The number of rotatable bonds is 7. The molecule has 0 unspecified atom stereocenters. The van der Waals surface area contributed by atoms with Gasteiger partial charge in [-0.15, -0.1) is 10.2 Å². The molecule has 0 aliphatic carbocycles. The van der Waals surface area contributed by atoms with E-state index >= 15 is 0 Å². The maximum atomic E-state index is 12.2. The molecule has 8 nitrogen and oxygen atoms in total. The quantitative estimate of drug-likeness (QED) is 0.799. The average molecular weight is 347 g/mol. The van der Waals surface area contributed by atoms with Crippen LogP contribution in [0.5, 0.6) is 0 Å². The van der Waals surface area contributed by atoms with Crippen molar-refractivity contribution in [3.63, 3.8) is 0 Å². The number of aromatic nitrogens is 3. The van der Waals surface area contributed by atoms with E-state index in [9.17, 15) is 4.79 Å². The minimum Gasteiger partial charge on any atom is -0.465 e. The number of carbonyl (C=O) groups is 1. The zero-order valence-corrected chi connectivity index (χ0v) is 14.8. The number of ether oxygens (including phenoxy) is 1. The molecule has 25 heavy (non-hydrogen) atoms. The Balaban J connectivity index is 1.56. The molecule has 0 spiro atoms. The second-order valence-electron chi connectivity index (χ2n) is 6.27. The Hall–Kier alpha value is -2.19. The summed E-state index contributed by atoms with van der Waals surface area (Å²) in [7, 11) is 1.88. The Morgan fingerprint density at radius 1 is 1.36 bits per heavy atom. The molecule has 1 aliphatic rings. The van der Waals surface area contributed by atoms with Crippen molar-refractivity contribution >= 4 is 5.91 Å². The molecule has 1 saturated heterocycles. The van der Waals surface area contributed by atoms with Crippen molar-refractivity contribution in [1.82, 2.24) is 25.0 Å². The van der Waals surface area contributed by atoms with Crippen LogP contribution in [0.2, 0.25) is 0 Å². The van der Waals surface area contributed by atoms with Gasteiger partial charge in [0.1, 0.15) is 23.7 Å². The lowest BCUT2D eigenvalue weighted by Gasteiger charge is -2.33. The first kappa shape index (κ1) is 17.6. The van der Waals surface area contributed by atoms with Crippen LogP contribution in [0.15, 0.2) is 22.9 Å². The minimum atomic E-state index is 0.00420. The first-order chi connectivity index (χ1) is 12.1.